The first kappa shape index (κ1) is 19.2. The normalized spacial score (nSPS) is 16.4. The highest BCUT2D eigenvalue weighted by atomic mass is 79.9. The minimum absolute atomic E-state index is 0.0683. The van der Waals surface area contributed by atoms with Crippen molar-refractivity contribution >= 4 is 39.3 Å². The van der Waals surface area contributed by atoms with Crippen LogP contribution in [0.5, 0.6) is 0 Å². The van der Waals surface area contributed by atoms with E-state index in [9.17, 15) is 14.4 Å². The Morgan fingerprint density at radius 3 is 2.85 bits per heavy atom. The van der Waals surface area contributed by atoms with Gasteiger partial charge in [-0.25, -0.2) is 0 Å². The van der Waals surface area contributed by atoms with Crippen LogP contribution in [0, 0.1) is 5.92 Å². The van der Waals surface area contributed by atoms with E-state index >= 15 is 0 Å². The number of benzene rings is 1. The summed E-state index contributed by atoms with van der Waals surface area (Å²) < 4.78 is 6.02. The summed E-state index contributed by atoms with van der Waals surface area (Å²) in [5.74, 6) is -0.408. The molecule has 1 unspecified atom stereocenters. The van der Waals surface area contributed by atoms with Crippen molar-refractivity contribution in [3.8, 4) is 0 Å². The first-order chi connectivity index (χ1) is 12.9. The summed E-state index contributed by atoms with van der Waals surface area (Å²) in [6.45, 7) is 0.514. The Morgan fingerprint density at radius 1 is 1.33 bits per heavy atom. The van der Waals surface area contributed by atoms with Gasteiger partial charge in [-0.1, -0.05) is 22.0 Å². The fourth-order valence-corrected chi connectivity index (χ4v) is 3.41. The smallest absolute Gasteiger partial charge is 0.239 e. The van der Waals surface area contributed by atoms with Crippen molar-refractivity contribution in [1.29, 1.82) is 0 Å². The second-order valence-corrected chi connectivity index (χ2v) is 7.35. The standard InChI is InChI=1S/C19H20BrN3O4/c1-22(12-17(24)21-10-16-6-3-7-27-16)19(26)13-8-18(25)23(11-13)15-5-2-4-14(20)9-15/h2-7,9,13H,8,10-12H2,1H3,(H,21,24). The lowest BCUT2D eigenvalue weighted by Crippen LogP contribution is -2.41. The number of carbonyl (C=O) groups is 3. The lowest BCUT2D eigenvalue weighted by molar-refractivity contribution is -0.138. The SMILES string of the molecule is CN(CC(=O)NCc1ccco1)C(=O)C1CC(=O)N(c2cccc(Br)c2)C1. The molecule has 8 heteroatoms. The topological polar surface area (TPSA) is 82.9 Å². The molecule has 1 aliphatic heterocycles. The number of nitrogens with one attached hydrogen (secondary N) is 1. The number of halogens is 1. The van der Waals surface area contributed by atoms with Gasteiger partial charge in [-0.05, 0) is 30.3 Å². The van der Waals surface area contributed by atoms with Crippen molar-refractivity contribution in [3.63, 3.8) is 0 Å². The van der Waals surface area contributed by atoms with E-state index in [1.54, 1.807) is 24.1 Å². The Balaban J connectivity index is 1.54. The molecule has 0 saturated carbocycles. The Bertz CT molecular complexity index is 837. The molecule has 2 aromatic rings. The van der Waals surface area contributed by atoms with Gasteiger partial charge >= 0.3 is 0 Å². The van der Waals surface area contributed by atoms with Gasteiger partial charge in [-0.15, -0.1) is 0 Å². The Labute approximate surface area is 165 Å². The third kappa shape index (κ3) is 4.77. The highest BCUT2D eigenvalue weighted by Gasteiger charge is 2.36. The molecule has 1 atom stereocenters. The zero-order chi connectivity index (χ0) is 19.4. The average Bonchev–Trinajstić information content (AvgIpc) is 3.28. The minimum atomic E-state index is -0.459. The number of amides is 3. The van der Waals surface area contributed by atoms with Crippen LogP contribution < -0.4 is 10.2 Å². The van der Waals surface area contributed by atoms with E-state index in [0.717, 1.165) is 10.2 Å². The number of hydrogen-bond acceptors (Lipinski definition) is 4. The van der Waals surface area contributed by atoms with Gasteiger partial charge in [-0.2, -0.15) is 0 Å². The highest BCUT2D eigenvalue weighted by Crippen LogP contribution is 2.28. The maximum absolute atomic E-state index is 12.6. The number of rotatable bonds is 6. The molecule has 1 aromatic carbocycles. The van der Waals surface area contributed by atoms with Crippen molar-refractivity contribution in [2.24, 2.45) is 5.92 Å². The number of hydrogen-bond donors (Lipinski definition) is 1. The van der Waals surface area contributed by atoms with Gasteiger partial charge in [0.05, 0.1) is 25.3 Å². The molecule has 0 spiro atoms. The molecule has 0 aliphatic carbocycles. The fraction of sp³-hybridized carbons (Fsp3) is 0.316. The quantitative estimate of drug-likeness (QED) is 0.756. The van der Waals surface area contributed by atoms with Gasteiger partial charge in [0.1, 0.15) is 5.76 Å². The maximum Gasteiger partial charge on any atom is 0.239 e. The summed E-state index contributed by atoms with van der Waals surface area (Å²) in [6.07, 6.45) is 1.68. The van der Waals surface area contributed by atoms with Crippen LogP contribution in [-0.4, -0.2) is 42.8 Å². The molecule has 1 aromatic heterocycles. The summed E-state index contributed by atoms with van der Waals surface area (Å²) in [6, 6.07) is 10.9. The van der Waals surface area contributed by atoms with E-state index in [1.807, 2.05) is 24.3 Å². The van der Waals surface area contributed by atoms with Crippen molar-refractivity contribution in [1.82, 2.24) is 10.2 Å². The largest absolute Gasteiger partial charge is 0.467 e. The Kier molecular flexibility index (Phi) is 5.95. The maximum atomic E-state index is 12.6. The number of carbonyl (C=O) groups excluding carboxylic acids is 3. The van der Waals surface area contributed by atoms with Crippen LogP contribution >= 0.6 is 15.9 Å². The highest BCUT2D eigenvalue weighted by molar-refractivity contribution is 9.10. The van der Waals surface area contributed by atoms with E-state index < -0.39 is 5.92 Å². The van der Waals surface area contributed by atoms with E-state index in [0.29, 0.717) is 12.3 Å². The van der Waals surface area contributed by atoms with E-state index in [-0.39, 0.29) is 37.2 Å². The number of anilines is 1. The number of furan rings is 1. The fourth-order valence-electron chi connectivity index (χ4n) is 3.03. The van der Waals surface area contributed by atoms with E-state index in [4.69, 9.17) is 4.42 Å². The van der Waals surface area contributed by atoms with Crippen molar-refractivity contribution in [3.05, 3.63) is 52.9 Å². The van der Waals surface area contributed by atoms with Crippen LogP contribution in [0.4, 0.5) is 5.69 Å². The average molecular weight is 434 g/mol. The van der Waals surface area contributed by atoms with Crippen LogP contribution in [0.25, 0.3) is 0 Å². The zero-order valence-electron chi connectivity index (χ0n) is 14.9. The molecule has 0 radical (unpaired) electrons. The lowest BCUT2D eigenvalue weighted by Gasteiger charge is -2.21. The van der Waals surface area contributed by atoms with Crippen molar-refractivity contribution < 1.29 is 18.8 Å². The summed E-state index contributed by atoms with van der Waals surface area (Å²) in [7, 11) is 1.57. The molecule has 2 heterocycles. The monoisotopic (exact) mass is 433 g/mol. The zero-order valence-corrected chi connectivity index (χ0v) is 16.4. The van der Waals surface area contributed by atoms with Gasteiger partial charge in [0.2, 0.25) is 17.7 Å². The molecular weight excluding hydrogens is 414 g/mol. The van der Waals surface area contributed by atoms with Crippen LogP contribution in [0.1, 0.15) is 12.2 Å². The molecule has 1 aliphatic rings. The van der Waals surface area contributed by atoms with Crippen LogP contribution in [0.3, 0.4) is 0 Å². The van der Waals surface area contributed by atoms with Crippen molar-refractivity contribution in [2.75, 3.05) is 25.0 Å². The molecule has 3 rings (SSSR count). The molecule has 27 heavy (non-hydrogen) atoms. The van der Waals surface area contributed by atoms with Crippen LogP contribution in [0.2, 0.25) is 0 Å². The molecule has 3 amide bonds. The number of likely N-dealkylation sites (N-methyl/N-ethyl adjacent to an activating group) is 1. The number of nitrogens with zero attached hydrogens (tertiary/aromatic N) is 2. The van der Waals surface area contributed by atoms with Gasteiger partial charge in [0.15, 0.2) is 0 Å². The first-order valence-corrected chi connectivity index (χ1v) is 9.33. The van der Waals surface area contributed by atoms with E-state index in [2.05, 4.69) is 21.2 Å². The van der Waals surface area contributed by atoms with Gasteiger partial charge in [0, 0.05) is 30.2 Å². The molecule has 0 bridgehead atoms. The van der Waals surface area contributed by atoms with E-state index in [1.165, 1.54) is 11.2 Å². The van der Waals surface area contributed by atoms with Gasteiger partial charge in [0.25, 0.3) is 0 Å². The molecule has 142 valence electrons. The molecule has 7 nitrogen and oxygen atoms in total. The van der Waals surface area contributed by atoms with Gasteiger partial charge in [-0.3, -0.25) is 14.4 Å². The predicted molar refractivity (Wildman–Crippen MR) is 103 cm³/mol. The molecular formula is C19H20BrN3O4. The minimum Gasteiger partial charge on any atom is -0.467 e. The summed E-state index contributed by atoms with van der Waals surface area (Å²) >= 11 is 3.39. The molecule has 1 saturated heterocycles. The Hall–Kier alpha value is -2.61. The second kappa shape index (κ2) is 8.39. The third-order valence-electron chi connectivity index (χ3n) is 4.39. The summed E-state index contributed by atoms with van der Waals surface area (Å²) in [5, 5.41) is 2.70. The third-order valence-corrected chi connectivity index (χ3v) is 4.88. The summed E-state index contributed by atoms with van der Waals surface area (Å²) in [4.78, 5) is 40.0. The van der Waals surface area contributed by atoms with Crippen molar-refractivity contribution in [2.45, 2.75) is 13.0 Å². The summed E-state index contributed by atoms with van der Waals surface area (Å²) in [5.41, 5.74) is 0.753. The molecule has 1 N–H and O–H groups in total. The van der Waals surface area contributed by atoms with Gasteiger partial charge < -0.3 is 19.5 Å². The molecule has 1 fully saturated rings. The first-order valence-electron chi connectivity index (χ1n) is 8.54. The predicted octanol–water partition coefficient (Wildman–Crippen LogP) is 2.17. The van der Waals surface area contributed by atoms with Crippen LogP contribution in [-0.2, 0) is 20.9 Å². The second-order valence-electron chi connectivity index (χ2n) is 6.44. The Morgan fingerprint density at radius 2 is 2.15 bits per heavy atom. The van der Waals surface area contributed by atoms with Crippen LogP contribution in [0.15, 0.2) is 51.6 Å². The lowest BCUT2D eigenvalue weighted by atomic mass is 10.1.